The Balaban J connectivity index is 0. The number of benzene rings is 1. The van der Waals surface area contributed by atoms with Crippen LogP contribution in [0.5, 0.6) is 0 Å². The zero-order chi connectivity index (χ0) is 19.8. The van der Waals surface area contributed by atoms with Gasteiger partial charge in [-0.1, -0.05) is 83.1 Å². The number of ketones is 1. The van der Waals surface area contributed by atoms with Crippen molar-refractivity contribution in [3.8, 4) is 0 Å². The van der Waals surface area contributed by atoms with Gasteiger partial charge in [0.2, 0.25) is 0 Å². The lowest BCUT2D eigenvalue weighted by Crippen LogP contribution is -2.23. The van der Waals surface area contributed by atoms with Gasteiger partial charge in [-0.3, -0.25) is 4.79 Å². The van der Waals surface area contributed by atoms with Gasteiger partial charge in [0.25, 0.3) is 0 Å². The maximum absolute atomic E-state index is 10.0. The third-order valence-corrected chi connectivity index (χ3v) is 4.40. The van der Waals surface area contributed by atoms with E-state index < -0.39 is 0 Å². The van der Waals surface area contributed by atoms with Crippen molar-refractivity contribution in [1.29, 1.82) is 0 Å². The van der Waals surface area contributed by atoms with E-state index in [1.54, 1.807) is 6.92 Å². The molecule has 0 aliphatic heterocycles. The van der Waals surface area contributed by atoms with Crippen LogP contribution in [-0.2, 0) is 4.79 Å². The zero-order valence-corrected chi connectivity index (χ0v) is 18.1. The third-order valence-electron chi connectivity index (χ3n) is 4.40. The fourth-order valence-electron chi connectivity index (χ4n) is 2.14. The predicted octanol–water partition coefficient (Wildman–Crippen LogP) is 6.54. The van der Waals surface area contributed by atoms with Crippen molar-refractivity contribution >= 4 is 5.78 Å². The predicted molar refractivity (Wildman–Crippen MR) is 113 cm³/mol. The highest BCUT2D eigenvalue weighted by Gasteiger charge is 1.98. The van der Waals surface area contributed by atoms with E-state index in [4.69, 9.17) is 5.73 Å². The Morgan fingerprint density at radius 2 is 1.40 bits per heavy atom. The SMILES string of the molecule is CC(=O)C(C)N.CCCCC(C)CCCC.Cc1ccc(C)c(C)c1. The molecular formula is C23H43NO. The van der Waals surface area contributed by atoms with E-state index in [9.17, 15) is 4.79 Å². The van der Waals surface area contributed by atoms with Gasteiger partial charge in [0, 0.05) is 0 Å². The first-order valence-electron chi connectivity index (χ1n) is 9.95. The van der Waals surface area contributed by atoms with Crippen LogP contribution in [0.2, 0.25) is 0 Å². The van der Waals surface area contributed by atoms with Gasteiger partial charge in [-0.05, 0) is 51.7 Å². The molecule has 0 amide bonds. The van der Waals surface area contributed by atoms with Crippen molar-refractivity contribution in [2.45, 2.75) is 100.0 Å². The largest absolute Gasteiger partial charge is 0.322 e. The molecule has 0 spiro atoms. The number of rotatable bonds is 7. The van der Waals surface area contributed by atoms with Crippen molar-refractivity contribution in [2.75, 3.05) is 0 Å². The lowest BCUT2D eigenvalue weighted by molar-refractivity contribution is -0.117. The third kappa shape index (κ3) is 17.5. The molecule has 1 unspecified atom stereocenters. The molecule has 0 bridgehead atoms. The highest BCUT2D eigenvalue weighted by molar-refractivity contribution is 5.80. The van der Waals surface area contributed by atoms with Crippen LogP contribution in [0.4, 0.5) is 0 Å². The molecule has 0 radical (unpaired) electrons. The molecule has 1 rings (SSSR count). The first kappa shape index (κ1) is 26.1. The molecule has 0 aliphatic carbocycles. The lowest BCUT2D eigenvalue weighted by Gasteiger charge is -2.08. The molecule has 1 aromatic rings. The molecule has 25 heavy (non-hydrogen) atoms. The summed E-state index contributed by atoms with van der Waals surface area (Å²) in [4.78, 5) is 10.0. The van der Waals surface area contributed by atoms with Crippen LogP contribution < -0.4 is 5.73 Å². The summed E-state index contributed by atoms with van der Waals surface area (Å²) in [7, 11) is 0. The van der Waals surface area contributed by atoms with Crippen LogP contribution in [0.25, 0.3) is 0 Å². The Kier molecular flexibility index (Phi) is 17.0. The quantitative estimate of drug-likeness (QED) is 0.607. The van der Waals surface area contributed by atoms with Gasteiger partial charge in [-0.2, -0.15) is 0 Å². The van der Waals surface area contributed by atoms with Crippen LogP contribution in [0.15, 0.2) is 18.2 Å². The average Bonchev–Trinajstić information content (AvgIpc) is 2.55. The molecule has 2 heteroatoms. The van der Waals surface area contributed by atoms with Gasteiger partial charge in [-0.15, -0.1) is 0 Å². The number of unbranched alkanes of at least 4 members (excludes halogenated alkanes) is 2. The molecule has 1 aromatic carbocycles. The molecule has 146 valence electrons. The number of carbonyl (C=O) groups is 1. The second-order valence-electron chi connectivity index (χ2n) is 7.38. The minimum absolute atomic E-state index is 0.0370. The average molecular weight is 350 g/mol. The van der Waals surface area contributed by atoms with Crippen molar-refractivity contribution in [1.82, 2.24) is 0 Å². The number of hydrogen-bond acceptors (Lipinski definition) is 2. The van der Waals surface area contributed by atoms with Gasteiger partial charge in [0.05, 0.1) is 6.04 Å². The molecule has 0 fully saturated rings. The molecule has 2 N–H and O–H groups in total. The Morgan fingerprint density at radius 3 is 1.68 bits per heavy atom. The Hall–Kier alpha value is -1.15. The highest BCUT2D eigenvalue weighted by atomic mass is 16.1. The summed E-state index contributed by atoms with van der Waals surface area (Å²) in [5, 5.41) is 0. The van der Waals surface area contributed by atoms with Crippen LogP contribution in [-0.4, -0.2) is 11.8 Å². The van der Waals surface area contributed by atoms with Gasteiger partial charge in [-0.25, -0.2) is 0 Å². The number of aryl methyl sites for hydroxylation is 3. The second-order valence-corrected chi connectivity index (χ2v) is 7.38. The van der Waals surface area contributed by atoms with E-state index in [1.807, 2.05) is 0 Å². The smallest absolute Gasteiger partial charge is 0.146 e. The van der Waals surface area contributed by atoms with E-state index in [0.717, 1.165) is 5.92 Å². The number of hydrogen-bond donors (Lipinski definition) is 1. The van der Waals surface area contributed by atoms with E-state index in [-0.39, 0.29) is 11.8 Å². The normalized spacial score (nSPS) is 11.1. The summed E-state index contributed by atoms with van der Waals surface area (Å²) in [6.07, 6.45) is 8.44. The zero-order valence-electron chi connectivity index (χ0n) is 18.1. The molecule has 2 nitrogen and oxygen atoms in total. The molecule has 0 saturated heterocycles. The van der Waals surface area contributed by atoms with Crippen molar-refractivity contribution in [3.05, 3.63) is 34.9 Å². The summed E-state index contributed by atoms with van der Waals surface area (Å²) >= 11 is 0. The van der Waals surface area contributed by atoms with E-state index in [0.29, 0.717) is 0 Å². The summed E-state index contributed by atoms with van der Waals surface area (Å²) in [5.74, 6) is 1.01. The summed E-state index contributed by atoms with van der Waals surface area (Å²) in [5.41, 5.74) is 9.19. The van der Waals surface area contributed by atoms with Crippen molar-refractivity contribution in [3.63, 3.8) is 0 Å². The summed E-state index contributed by atoms with van der Waals surface area (Å²) in [6.45, 7) is 16.5. The Morgan fingerprint density at radius 1 is 0.960 bits per heavy atom. The highest BCUT2D eigenvalue weighted by Crippen LogP contribution is 2.14. The second kappa shape index (κ2) is 16.3. The van der Waals surface area contributed by atoms with E-state index in [1.165, 1.54) is 62.1 Å². The monoisotopic (exact) mass is 349 g/mol. The van der Waals surface area contributed by atoms with E-state index in [2.05, 4.69) is 59.7 Å². The van der Waals surface area contributed by atoms with Gasteiger partial charge < -0.3 is 5.73 Å². The van der Waals surface area contributed by atoms with Crippen LogP contribution in [0.1, 0.15) is 89.8 Å². The fourth-order valence-corrected chi connectivity index (χ4v) is 2.14. The van der Waals surface area contributed by atoms with Gasteiger partial charge in [0.15, 0.2) is 0 Å². The Labute approximate surface area is 157 Å². The van der Waals surface area contributed by atoms with Crippen LogP contribution in [0, 0.1) is 26.7 Å². The topological polar surface area (TPSA) is 43.1 Å². The number of Topliss-reactive ketones (excluding diaryl/α,β-unsaturated/α-hetero) is 1. The number of nitrogens with two attached hydrogens (primary N) is 1. The fraction of sp³-hybridized carbons (Fsp3) is 0.696. The first-order chi connectivity index (χ1) is 11.6. The van der Waals surface area contributed by atoms with Gasteiger partial charge >= 0.3 is 0 Å². The molecule has 0 aliphatic rings. The van der Waals surface area contributed by atoms with Crippen molar-refractivity contribution in [2.24, 2.45) is 11.7 Å². The molecule has 0 saturated carbocycles. The minimum atomic E-state index is -0.287. The molecule has 0 aromatic heterocycles. The molecular weight excluding hydrogens is 306 g/mol. The molecule has 1 atom stereocenters. The van der Waals surface area contributed by atoms with Crippen molar-refractivity contribution < 1.29 is 4.79 Å². The van der Waals surface area contributed by atoms with Gasteiger partial charge in [0.1, 0.15) is 5.78 Å². The minimum Gasteiger partial charge on any atom is -0.322 e. The molecule has 0 heterocycles. The summed E-state index contributed by atoms with van der Waals surface area (Å²) in [6, 6.07) is 6.22. The first-order valence-corrected chi connectivity index (χ1v) is 9.95. The maximum Gasteiger partial charge on any atom is 0.146 e. The maximum atomic E-state index is 10.0. The number of carbonyl (C=O) groups excluding carboxylic acids is 1. The van der Waals surface area contributed by atoms with E-state index >= 15 is 0 Å². The standard InChI is InChI=1S/C10H22.C9H12.C4H9NO/c1-4-6-8-10(3)9-7-5-2;1-7-4-5-8(2)9(3)6-7;1-3(5)4(2)6/h10H,4-9H2,1-3H3;4-6H,1-3H3;3H,5H2,1-2H3. The van der Waals surface area contributed by atoms with Crippen LogP contribution >= 0.6 is 0 Å². The Bertz CT molecular complexity index is 443. The lowest BCUT2D eigenvalue weighted by atomic mass is 9.98. The van der Waals surface area contributed by atoms with Crippen LogP contribution in [0.3, 0.4) is 0 Å². The summed E-state index contributed by atoms with van der Waals surface area (Å²) < 4.78 is 0.